The van der Waals surface area contributed by atoms with Crippen molar-refractivity contribution in [2.75, 3.05) is 14.2 Å². The largest absolute Gasteiger partial charge is 0.356 e. The topological polar surface area (TPSA) is 18.5 Å². The van der Waals surface area contributed by atoms with Crippen molar-refractivity contribution in [3.63, 3.8) is 0 Å². The highest BCUT2D eigenvalue weighted by atomic mass is 35.7. The Morgan fingerprint density at radius 2 is 1.56 bits per heavy atom. The van der Waals surface area contributed by atoms with Crippen molar-refractivity contribution in [3.05, 3.63) is 0 Å². The normalized spacial score (nSPS) is 12.7. The Hall–Kier alpha value is 0.717. The highest BCUT2D eigenvalue weighted by molar-refractivity contribution is 7.45. The monoisotopic (exact) mass is 188 g/mol. The molecule has 9 heavy (non-hydrogen) atoms. The summed E-state index contributed by atoms with van der Waals surface area (Å²) < 4.78 is 9.68. The second-order valence-electron chi connectivity index (χ2n) is 1.76. The highest BCUT2D eigenvalue weighted by Crippen LogP contribution is 2.20. The summed E-state index contributed by atoms with van der Waals surface area (Å²) in [6, 6.07) is 0. The standard InChI is InChI=1S/C4H10Cl2O2Si/c1-7-4(8-2)9(3,5)6/h4H,1-3H3. The Morgan fingerprint density at radius 3 is 1.56 bits per heavy atom. The van der Waals surface area contributed by atoms with Crippen molar-refractivity contribution in [2.45, 2.75) is 12.5 Å². The van der Waals surface area contributed by atoms with E-state index in [9.17, 15) is 0 Å². The molecule has 0 aliphatic heterocycles. The first-order valence-corrected chi connectivity index (χ1v) is 7.06. The predicted molar refractivity (Wildman–Crippen MR) is 41.1 cm³/mol. The van der Waals surface area contributed by atoms with Crippen molar-refractivity contribution in [3.8, 4) is 0 Å². The average Bonchev–Trinajstić information content (AvgIpc) is 1.65. The molecule has 0 aliphatic carbocycles. The molecule has 2 nitrogen and oxygen atoms in total. The summed E-state index contributed by atoms with van der Waals surface area (Å²) in [5, 5.41) is 0. The van der Waals surface area contributed by atoms with Gasteiger partial charge in [-0.25, -0.2) is 0 Å². The van der Waals surface area contributed by atoms with E-state index in [1.807, 2.05) is 0 Å². The fourth-order valence-electron chi connectivity index (χ4n) is 0.510. The van der Waals surface area contributed by atoms with Crippen molar-refractivity contribution in [1.82, 2.24) is 0 Å². The van der Waals surface area contributed by atoms with Gasteiger partial charge in [-0.3, -0.25) is 0 Å². The summed E-state index contributed by atoms with van der Waals surface area (Å²) >= 11 is 11.5. The molecule has 0 aromatic carbocycles. The fourth-order valence-corrected chi connectivity index (χ4v) is 2.41. The van der Waals surface area contributed by atoms with Crippen molar-refractivity contribution < 1.29 is 9.47 Å². The molecule has 0 amide bonds. The first kappa shape index (κ1) is 9.72. The Kier molecular flexibility index (Phi) is 4.08. The average molecular weight is 189 g/mol. The molecular formula is C4H10Cl2O2Si. The Labute approximate surface area is 65.5 Å². The van der Waals surface area contributed by atoms with Crippen LogP contribution >= 0.6 is 22.2 Å². The molecule has 0 aromatic rings. The maximum atomic E-state index is 5.75. The van der Waals surface area contributed by atoms with Gasteiger partial charge in [0.2, 0.25) is 0 Å². The van der Waals surface area contributed by atoms with Gasteiger partial charge in [0.25, 0.3) is 0 Å². The van der Waals surface area contributed by atoms with E-state index in [2.05, 4.69) is 0 Å². The van der Waals surface area contributed by atoms with Gasteiger partial charge in [-0.15, -0.1) is 22.2 Å². The lowest BCUT2D eigenvalue weighted by Crippen LogP contribution is -2.36. The van der Waals surface area contributed by atoms with Gasteiger partial charge in [-0.05, 0) is 6.55 Å². The summed E-state index contributed by atoms with van der Waals surface area (Å²) in [6.07, 6.45) is 0. The van der Waals surface area contributed by atoms with Crippen LogP contribution in [0.25, 0.3) is 0 Å². The van der Waals surface area contributed by atoms with Crippen LogP contribution < -0.4 is 0 Å². The molecule has 0 spiro atoms. The number of halogens is 2. The molecule has 0 atom stereocenters. The van der Waals surface area contributed by atoms with Crippen molar-refractivity contribution >= 4 is 28.9 Å². The second kappa shape index (κ2) is 3.78. The van der Waals surface area contributed by atoms with E-state index in [4.69, 9.17) is 31.6 Å². The van der Waals surface area contributed by atoms with E-state index in [1.165, 1.54) is 14.2 Å². The molecule has 5 heteroatoms. The minimum Gasteiger partial charge on any atom is -0.356 e. The van der Waals surface area contributed by atoms with E-state index in [1.54, 1.807) is 6.55 Å². The molecule has 0 heterocycles. The van der Waals surface area contributed by atoms with Gasteiger partial charge in [0.05, 0.1) is 0 Å². The van der Waals surface area contributed by atoms with Gasteiger partial charge in [0, 0.05) is 14.2 Å². The zero-order valence-corrected chi connectivity index (χ0v) is 8.16. The maximum Gasteiger partial charge on any atom is 0.306 e. The van der Waals surface area contributed by atoms with E-state index in [0.29, 0.717) is 0 Å². The molecule has 0 rings (SSSR count). The van der Waals surface area contributed by atoms with Crippen LogP contribution in [0.3, 0.4) is 0 Å². The molecule has 0 saturated carbocycles. The van der Waals surface area contributed by atoms with E-state index >= 15 is 0 Å². The molecule has 0 fully saturated rings. The number of methoxy groups -OCH3 is 2. The third-order valence-electron chi connectivity index (χ3n) is 0.842. The van der Waals surface area contributed by atoms with E-state index in [0.717, 1.165) is 0 Å². The number of ether oxygens (including phenoxy) is 2. The summed E-state index contributed by atoms with van der Waals surface area (Å²) in [4.78, 5) is 0. The third kappa shape index (κ3) is 3.42. The van der Waals surface area contributed by atoms with Crippen LogP contribution in [0.5, 0.6) is 0 Å². The van der Waals surface area contributed by atoms with E-state index in [-0.39, 0.29) is 0 Å². The van der Waals surface area contributed by atoms with Gasteiger partial charge in [0.1, 0.15) is 0 Å². The van der Waals surface area contributed by atoms with Crippen LogP contribution in [-0.2, 0) is 9.47 Å². The molecule has 0 bridgehead atoms. The molecule has 0 N–H and O–H groups in total. The van der Waals surface area contributed by atoms with Crippen molar-refractivity contribution in [1.29, 1.82) is 0 Å². The Morgan fingerprint density at radius 1 is 1.22 bits per heavy atom. The summed E-state index contributed by atoms with van der Waals surface area (Å²) in [5.41, 5.74) is 0. The molecular weight excluding hydrogens is 179 g/mol. The SMILES string of the molecule is COC(OC)[Si](C)(Cl)Cl. The van der Waals surface area contributed by atoms with Crippen LogP contribution in [0.2, 0.25) is 6.55 Å². The molecule has 0 aliphatic rings. The third-order valence-corrected chi connectivity index (χ3v) is 3.21. The first-order valence-electron chi connectivity index (χ1n) is 2.45. The van der Waals surface area contributed by atoms with Crippen LogP contribution in [-0.4, -0.2) is 26.8 Å². The summed E-state index contributed by atoms with van der Waals surface area (Å²) in [6.45, 7) is -0.543. The highest BCUT2D eigenvalue weighted by Gasteiger charge is 2.33. The molecule has 56 valence electrons. The minimum absolute atomic E-state index is 0.430. The smallest absolute Gasteiger partial charge is 0.306 e. The maximum absolute atomic E-state index is 5.75. The predicted octanol–water partition coefficient (Wildman–Crippen LogP) is 1.69. The zero-order valence-electron chi connectivity index (χ0n) is 5.65. The number of hydrogen-bond donors (Lipinski definition) is 0. The van der Waals surface area contributed by atoms with Crippen molar-refractivity contribution in [2.24, 2.45) is 0 Å². The summed E-state index contributed by atoms with van der Waals surface area (Å²) in [5.74, 6) is -0.430. The van der Waals surface area contributed by atoms with Gasteiger partial charge >= 0.3 is 6.69 Å². The fraction of sp³-hybridized carbons (Fsp3) is 1.00. The van der Waals surface area contributed by atoms with Gasteiger partial charge < -0.3 is 9.47 Å². The van der Waals surface area contributed by atoms with Crippen LogP contribution in [0.15, 0.2) is 0 Å². The second-order valence-corrected chi connectivity index (χ2v) is 9.43. The molecule has 0 unspecified atom stereocenters. The van der Waals surface area contributed by atoms with Crippen LogP contribution in [0, 0.1) is 0 Å². The molecule has 0 aromatic heterocycles. The lowest BCUT2D eigenvalue weighted by molar-refractivity contribution is -0.0461. The van der Waals surface area contributed by atoms with E-state index < -0.39 is 12.6 Å². The number of rotatable bonds is 3. The molecule has 0 saturated heterocycles. The zero-order chi connectivity index (χ0) is 7.49. The number of hydrogen-bond acceptors (Lipinski definition) is 2. The lowest BCUT2D eigenvalue weighted by atomic mass is 11.3. The first-order chi connectivity index (χ1) is 4.02. The lowest BCUT2D eigenvalue weighted by Gasteiger charge is -2.20. The van der Waals surface area contributed by atoms with Crippen LogP contribution in [0.1, 0.15) is 0 Å². The molecule has 0 radical (unpaired) electrons. The minimum atomic E-state index is -2.29. The Bertz CT molecular complexity index is 79.1. The Balaban J connectivity index is 3.79. The van der Waals surface area contributed by atoms with Gasteiger partial charge in [0.15, 0.2) is 5.91 Å². The van der Waals surface area contributed by atoms with Gasteiger partial charge in [-0.2, -0.15) is 0 Å². The van der Waals surface area contributed by atoms with Crippen LogP contribution in [0.4, 0.5) is 0 Å². The quantitative estimate of drug-likeness (QED) is 0.382. The summed E-state index contributed by atoms with van der Waals surface area (Å²) in [7, 11) is 3.04. The van der Waals surface area contributed by atoms with Gasteiger partial charge in [-0.1, -0.05) is 0 Å².